The van der Waals surface area contributed by atoms with Crippen LogP contribution in [0, 0.1) is 0 Å². The molecule has 0 fully saturated rings. The molecule has 7 nitrogen and oxygen atoms in total. The molecule has 0 spiro atoms. The molecule has 1 atom stereocenters. The lowest BCUT2D eigenvalue weighted by Gasteiger charge is -2.26. The number of hydrogen-bond acceptors (Lipinski definition) is 7. The summed E-state index contributed by atoms with van der Waals surface area (Å²) in [7, 11) is 1.57. The Balaban J connectivity index is 1.36. The molecule has 1 N–H and O–H groups in total. The molecule has 0 amide bonds. The fourth-order valence-electron chi connectivity index (χ4n) is 5.12. The van der Waals surface area contributed by atoms with E-state index in [4.69, 9.17) is 18.6 Å². The maximum atomic E-state index is 13.5. The van der Waals surface area contributed by atoms with Crippen LogP contribution in [0.2, 0.25) is 0 Å². The van der Waals surface area contributed by atoms with Crippen molar-refractivity contribution >= 4 is 16.9 Å². The van der Waals surface area contributed by atoms with Crippen molar-refractivity contribution in [1.29, 1.82) is 0 Å². The number of aromatic hydroxyl groups is 1. The smallest absolute Gasteiger partial charge is 0.312 e. The van der Waals surface area contributed by atoms with Crippen LogP contribution in [-0.4, -0.2) is 24.8 Å². The van der Waals surface area contributed by atoms with Gasteiger partial charge in [-0.2, -0.15) is 0 Å². The second kappa shape index (κ2) is 10.6. The number of methoxy groups -OCH3 is 1. The van der Waals surface area contributed by atoms with Crippen LogP contribution in [-0.2, 0) is 11.2 Å². The zero-order valence-corrected chi connectivity index (χ0v) is 21.8. The molecule has 0 saturated heterocycles. The molecule has 0 bridgehead atoms. The highest BCUT2D eigenvalue weighted by atomic mass is 16.5. The summed E-state index contributed by atoms with van der Waals surface area (Å²) in [5, 5.41) is 10.00. The van der Waals surface area contributed by atoms with Gasteiger partial charge in [-0.15, -0.1) is 0 Å². The Labute approximate surface area is 230 Å². The largest absolute Gasteiger partial charge is 0.508 e. The molecule has 40 heavy (non-hydrogen) atoms. The molecule has 4 aromatic carbocycles. The third kappa shape index (κ3) is 4.78. The Bertz CT molecular complexity index is 1750. The second-order valence-electron chi connectivity index (χ2n) is 9.60. The molecule has 7 heteroatoms. The van der Waals surface area contributed by atoms with E-state index in [1.165, 1.54) is 24.0 Å². The minimum Gasteiger partial charge on any atom is -0.508 e. The lowest BCUT2D eigenvalue weighted by atomic mass is 9.85. The van der Waals surface area contributed by atoms with E-state index >= 15 is 0 Å². The fourth-order valence-corrected chi connectivity index (χ4v) is 5.12. The Morgan fingerprint density at radius 1 is 0.925 bits per heavy atom. The average Bonchev–Trinajstić information content (AvgIpc) is 2.98. The van der Waals surface area contributed by atoms with E-state index in [1.807, 2.05) is 36.4 Å². The van der Waals surface area contributed by atoms with Gasteiger partial charge >= 0.3 is 5.97 Å². The van der Waals surface area contributed by atoms with Crippen LogP contribution in [0.1, 0.15) is 29.0 Å². The van der Waals surface area contributed by atoms with Gasteiger partial charge in [0.25, 0.3) is 0 Å². The van der Waals surface area contributed by atoms with Gasteiger partial charge in [0, 0.05) is 17.9 Å². The fraction of sp³-hybridized carbons (Fsp3) is 0.152. The summed E-state index contributed by atoms with van der Waals surface area (Å²) >= 11 is 0. The number of benzene rings is 4. The van der Waals surface area contributed by atoms with E-state index in [9.17, 15) is 14.7 Å². The monoisotopic (exact) mass is 534 g/mol. The van der Waals surface area contributed by atoms with Gasteiger partial charge in [-0.25, -0.2) is 0 Å². The van der Waals surface area contributed by atoms with Crippen molar-refractivity contribution in [1.82, 2.24) is 0 Å². The van der Waals surface area contributed by atoms with Crippen LogP contribution >= 0.6 is 0 Å². The molecule has 2 heterocycles. The van der Waals surface area contributed by atoms with Crippen molar-refractivity contribution in [2.24, 2.45) is 0 Å². The van der Waals surface area contributed by atoms with E-state index in [-0.39, 0.29) is 23.6 Å². The van der Waals surface area contributed by atoms with Gasteiger partial charge in [-0.1, -0.05) is 48.5 Å². The summed E-state index contributed by atoms with van der Waals surface area (Å²) in [5.74, 6) is 0.815. The topological polar surface area (TPSA) is 95.2 Å². The van der Waals surface area contributed by atoms with Crippen LogP contribution in [0.5, 0.6) is 23.0 Å². The maximum absolute atomic E-state index is 13.5. The molecule has 0 unspecified atom stereocenters. The van der Waals surface area contributed by atoms with E-state index in [0.29, 0.717) is 51.5 Å². The van der Waals surface area contributed by atoms with Crippen molar-refractivity contribution in [3.8, 4) is 34.1 Å². The van der Waals surface area contributed by atoms with Crippen molar-refractivity contribution in [3.05, 3.63) is 118 Å². The molecule has 1 aromatic heterocycles. The predicted octanol–water partition coefficient (Wildman–Crippen LogP) is 6.24. The van der Waals surface area contributed by atoms with Gasteiger partial charge in [0.1, 0.15) is 23.3 Å². The van der Waals surface area contributed by atoms with E-state index in [0.717, 1.165) is 12.0 Å². The summed E-state index contributed by atoms with van der Waals surface area (Å²) in [6, 6.07) is 25.3. The number of hydrogen-bond donors (Lipinski definition) is 1. The zero-order chi connectivity index (χ0) is 27.6. The van der Waals surface area contributed by atoms with Gasteiger partial charge in [0.15, 0.2) is 11.5 Å². The van der Waals surface area contributed by atoms with Crippen LogP contribution in [0.4, 0.5) is 0 Å². The average molecular weight is 535 g/mol. The number of ether oxygens (including phenoxy) is 3. The first-order valence-corrected chi connectivity index (χ1v) is 12.9. The van der Waals surface area contributed by atoms with E-state index in [2.05, 4.69) is 12.1 Å². The molecule has 1 aliphatic heterocycles. The van der Waals surface area contributed by atoms with E-state index in [1.54, 1.807) is 31.4 Å². The van der Waals surface area contributed by atoms with Crippen molar-refractivity contribution in [3.63, 3.8) is 0 Å². The molecular weight excluding hydrogens is 508 g/mol. The van der Waals surface area contributed by atoms with E-state index < -0.39 is 5.92 Å². The van der Waals surface area contributed by atoms with Gasteiger partial charge in [0.05, 0.1) is 31.1 Å². The molecule has 5 aromatic rings. The highest BCUT2D eigenvalue weighted by molar-refractivity contribution is 5.90. The summed E-state index contributed by atoms with van der Waals surface area (Å²) in [6.45, 7) is 0.484. The van der Waals surface area contributed by atoms with Crippen LogP contribution in [0.3, 0.4) is 0 Å². The first kappa shape index (κ1) is 25.2. The summed E-state index contributed by atoms with van der Waals surface area (Å²) in [6.07, 6.45) is 2.24. The molecule has 6 rings (SSSR count). The quantitative estimate of drug-likeness (QED) is 0.195. The standard InChI is InChI=1S/C33H26O7/c1-37-29-17-22(9-13-27(29)38-16-15-20-5-3-2-4-6-20)25-18-30(35)40-28-14-12-24-32(36)26(19-39-33(24)31(25)28)21-7-10-23(34)11-8-21/h2-14,17,19,25,34H,15-16,18H2,1H3/t25-/m0/s1. The Morgan fingerprint density at radius 2 is 1.73 bits per heavy atom. The van der Waals surface area contributed by atoms with Crippen molar-refractivity contribution in [2.45, 2.75) is 18.8 Å². The summed E-state index contributed by atoms with van der Waals surface area (Å²) in [4.78, 5) is 26.1. The van der Waals surface area contributed by atoms with Gasteiger partial charge in [-0.05, 0) is 53.1 Å². The Kier molecular flexibility index (Phi) is 6.70. The lowest BCUT2D eigenvalue weighted by Crippen LogP contribution is -2.22. The third-order valence-electron chi connectivity index (χ3n) is 7.14. The second-order valence-corrected chi connectivity index (χ2v) is 9.60. The van der Waals surface area contributed by atoms with Crippen LogP contribution in [0.15, 0.2) is 100 Å². The molecule has 0 radical (unpaired) electrons. The van der Waals surface area contributed by atoms with Gasteiger partial charge in [0.2, 0.25) is 5.43 Å². The molecule has 1 aliphatic rings. The molecular formula is C33H26O7. The summed E-state index contributed by atoms with van der Waals surface area (Å²) in [5.41, 5.74) is 3.76. The van der Waals surface area contributed by atoms with Crippen molar-refractivity contribution < 1.29 is 28.5 Å². The minimum absolute atomic E-state index is 0.0763. The molecule has 0 saturated carbocycles. The number of esters is 1. The third-order valence-corrected chi connectivity index (χ3v) is 7.14. The Morgan fingerprint density at radius 3 is 2.50 bits per heavy atom. The number of phenolic OH excluding ortho intramolecular Hbond substituents is 1. The summed E-state index contributed by atoms with van der Waals surface area (Å²) < 4.78 is 23.3. The van der Waals surface area contributed by atoms with Crippen molar-refractivity contribution in [2.75, 3.05) is 13.7 Å². The van der Waals surface area contributed by atoms with Crippen LogP contribution in [0.25, 0.3) is 22.1 Å². The lowest BCUT2D eigenvalue weighted by molar-refractivity contribution is -0.135. The number of carbonyl (C=O) groups is 1. The number of rotatable bonds is 7. The normalized spacial score (nSPS) is 14.4. The Hall–Kier alpha value is -5.04. The van der Waals surface area contributed by atoms with Crippen LogP contribution < -0.4 is 19.6 Å². The van der Waals surface area contributed by atoms with Gasteiger partial charge < -0.3 is 23.7 Å². The van der Waals surface area contributed by atoms with Gasteiger partial charge in [-0.3, -0.25) is 9.59 Å². The zero-order valence-electron chi connectivity index (χ0n) is 21.8. The predicted molar refractivity (Wildman–Crippen MR) is 150 cm³/mol. The highest BCUT2D eigenvalue weighted by Crippen LogP contribution is 2.44. The maximum Gasteiger partial charge on any atom is 0.312 e. The highest BCUT2D eigenvalue weighted by Gasteiger charge is 2.32. The minimum atomic E-state index is -0.421. The molecule has 200 valence electrons. The molecule has 0 aliphatic carbocycles. The number of fused-ring (bicyclic) bond motifs is 3. The SMILES string of the molecule is COc1cc([C@@H]2CC(=O)Oc3ccc4c(=O)c(-c5ccc(O)cc5)coc4c32)ccc1OCCc1ccccc1. The first-order chi connectivity index (χ1) is 19.5. The first-order valence-electron chi connectivity index (χ1n) is 12.9. The number of phenols is 1. The number of carbonyl (C=O) groups excluding carboxylic acids is 1.